The van der Waals surface area contributed by atoms with Crippen molar-refractivity contribution >= 4 is 25.1 Å². The van der Waals surface area contributed by atoms with Gasteiger partial charge in [-0.05, 0) is 12.2 Å². The quantitative estimate of drug-likeness (QED) is 0.120. The maximum Gasteiger partial charge on any atom is 1.00 e. The van der Waals surface area contributed by atoms with Gasteiger partial charge >= 0.3 is 59.1 Å². The molecule has 0 bridgehead atoms. The predicted octanol–water partition coefficient (Wildman–Crippen LogP) is -1.52. The first-order valence-corrected chi connectivity index (χ1v) is 13.5. The van der Waals surface area contributed by atoms with Gasteiger partial charge in [-0.25, -0.2) is 0 Å². The van der Waals surface area contributed by atoms with Gasteiger partial charge in [-0.2, -0.15) is 11.8 Å². The molecular weight excluding hydrogens is 445 g/mol. The number of rotatable bonds is 21. The van der Waals surface area contributed by atoms with Gasteiger partial charge in [0.05, 0.1) is 12.7 Å². The molecule has 0 heterocycles. The summed E-state index contributed by atoms with van der Waals surface area (Å²) >= 11 is 1.52. The van der Waals surface area contributed by atoms with Crippen molar-refractivity contribution in [1.29, 1.82) is 0 Å². The molecule has 0 aliphatic heterocycles. The summed E-state index contributed by atoms with van der Waals surface area (Å²) in [6.07, 6.45) is 17.4. The molecule has 0 spiro atoms. The number of carboxylic acid groups (broad SMARTS) is 1. The summed E-state index contributed by atoms with van der Waals surface area (Å²) in [6, 6.07) is 0. The number of carbonyl (C=O) groups is 1. The molecule has 0 aliphatic carbocycles. The second-order valence-corrected chi connectivity index (χ2v) is 10.2. The van der Waals surface area contributed by atoms with Crippen molar-refractivity contribution in [2.24, 2.45) is 0 Å². The van der Waals surface area contributed by atoms with Crippen LogP contribution in [0.1, 0.15) is 96.8 Å². The van der Waals surface area contributed by atoms with Gasteiger partial charge in [-0.15, -0.1) is 0 Å². The van der Waals surface area contributed by atoms with Gasteiger partial charge in [-0.1, -0.05) is 90.4 Å². The molecule has 0 aliphatic rings. The largest absolute Gasteiger partial charge is 1.00 e. The SMILES string of the molecule is CCCCCCCCCCCCCCCCSC[C@H](O)COP(=O)([O-])C(=O)[O-].[Na+].[Na+]. The Balaban J connectivity index is -0.00000364. The molecular formula is C20H39Na2O6PS. The van der Waals surface area contributed by atoms with Gasteiger partial charge in [-0.3, -0.25) is 0 Å². The number of hydrogen-bond acceptors (Lipinski definition) is 7. The Bertz CT molecular complexity index is 432. The van der Waals surface area contributed by atoms with Crippen molar-refractivity contribution in [2.75, 3.05) is 18.1 Å². The van der Waals surface area contributed by atoms with Crippen molar-refractivity contribution in [3.8, 4) is 0 Å². The first kappa shape index (κ1) is 36.5. The molecule has 168 valence electrons. The van der Waals surface area contributed by atoms with Gasteiger partial charge in [0.25, 0.3) is 0 Å². The number of thioether (sulfide) groups is 1. The topological polar surface area (TPSA) is 110 Å². The summed E-state index contributed by atoms with van der Waals surface area (Å²) in [4.78, 5) is 21.1. The first-order valence-electron chi connectivity index (χ1n) is 10.8. The number of hydrogen-bond donors (Lipinski definition) is 1. The van der Waals surface area contributed by atoms with Crippen LogP contribution in [0, 0.1) is 0 Å². The van der Waals surface area contributed by atoms with E-state index in [4.69, 9.17) is 0 Å². The zero-order valence-corrected chi connectivity index (χ0v) is 25.2. The van der Waals surface area contributed by atoms with E-state index in [0.29, 0.717) is 5.75 Å². The third-order valence-electron chi connectivity index (χ3n) is 4.61. The fourth-order valence-corrected chi connectivity index (χ4v) is 4.32. The van der Waals surface area contributed by atoms with Crippen LogP contribution in [0.25, 0.3) is 0 Å². The van der Waals surface area contributed by atoms with Gasteiger partial charge in [0.1, 0.15) is 5.71 Å². The number of aliphatic hydroxyl groups is 1. The smallest absolute Gasteiger partial charge is 0.774 e. The number of unbranched alkanes of at least 4 members (excludes halogenated alkanes) is 13. The summed E-state index contributed by atoms with van der Waals surface area (Å²) in [5.74, 6) is 1.22. The van der Waals surface area contributed by atoms with E-state index in [9.17, 15) is 24.5 Å². The zero-order valence-electron chi connectivity index (χ0n) is 19.4. The molecule has 0 aromatic heterocycles. The molecule has 0 aromatic carbocycles. The molecule has 0 aromatic rings. The van der Waals surface area contributed by atoms with Crippen LogP contribution < -0.4 is 69.1 Å². The van der Waals surface area contributed by atoms with E-state index in [0.717, 1.165) is 18.6 Å². The van der Waals surface area contributed by atoms with Gasteiger partial charge in [0, 0.05) is 5.75 Å². The van der Waals surface area contributed by atoms with E-state index >= 15 is 0 Å². The average molecular weight is 485 g/mol. The molecule has 0 saturated heterocycles. The standard InChI is InChI=1S/C20H41O6PS.2Na/c1-2-3-4-5-6-7-8-9-10-11-12-13-14-15-16-28-18-19(21)17-26-27(24,25)20(22)23;;/h19,21H,2-18H2,1H3,(H,22,23)(H,24,25);;/q;2*+1/p-2/t19-;;/m1../s1. The number of carbonyl (C=O) groups excluding carboxylic acids is 1. The number of aliphatic hydroxyl groups excluding tert-OH is 1. The van der Waals surface area contributed by atoms with E-state index in [1.54, 1.807) is 0 Å². The second-order valence-electron chi connectivity index (χ2n) is 7.38. The van der Waals surface area contributed by atoms with Crippen molar-refractivity contribution in [1.82, 2.24) is 0 Å². The minimum Gasteiger partial charge on any atom is -0.774 e. The Morgan fingerprint density at radius 1 is 0.900 bits per heavy atom. The van der Waals surface area contributed by atoms with Crippen LogP contribution in [0.4, 0.5) is 4.79 Å². The van der Waals surface area contributed by atoms with Gasteiger partial charge in [0.2, 0.25) is 0 Å². The molecule has 6 nitrogen and oxygen atoms in total. The molecule has 0 fully saturated rings. The summed E-state index contributed by atoms with van der Waals surface area (Å²) in [5, 5.41) is 19.8. The van der Waals surface area contributed by atoms with E-state index < -0.39 is 26.0 Å². The van der Waals surface area contributed by atoms with Crippen molar-refractivity contribution in [2.45, 2.75) is 103 Å². The molecule has 0 amide bonds. The van der Waals surface area contributed by atoms with E-state index in [-0.39, 0.29) is 59.1 Å². The van der Waals surface area contributed by atoms with Crippen LogP contribution in [-0.4, -0.2) is 35.0 Å². The van der Waals surface area contributed by atoms with Crippen molar-refractivity contribution < 1.29 is 88.1 Å². The average Bonchev–Trinajstić information content (AvgIpc) is 2.66. The fourth-order valence-electron chi connectivity index (χ4n) is 2.90. The zero-order chi connectivity index (χ0) is 21.1. The third kappa shape index (κ3) is 24.6. The van der Waals surface area contributed by atoms with Crippen LogP contribution in [0.2, 0.25) is 0 Å². The van der Waals surface area contributed by atoms with Crippen LogP contribution >= 0.6 is 19.4 Å². The van der Waals surface area contributed by atoms with Crippen molar-refractivity contribution in [3.05, 3.63) is 0 Å². The summed E-state index contributed by atoms with van der Waals surface area (Å²) in [5.41, 5.74) is -2.25. The Labute approximate surface area is 232 Å². The van der Waals surface area contributed by atoms with E-state index in [1.807, 2.05) is 0 Å². The second kappa shape index (κ2) is 25.6. The summed E-state index contributed by atoms with van der Waals surface area (Å²) in [7, 11) is -5.01. The fraction of sp³-hybridized carbons (Fsp3) is 0.950. The van der Waals surface area contributed by atoms with Crippen LogP contribution in [-0.2, 0) is 9.09 Å². The Kier molecular flexibility index (Phi) is 31.1. The van der Waals surface area contributed by atoms with Gasteiger partial charge in [0.15, 0.2) is 7.60 Å². The van der Waals surface area contributed by atoms with Crippen LogP contribution in [0.5, 0.6) is 0 Å². The summed E-state index contributed by atoms with van der Waals surface area (Å²) in [6.45, 7) is 1.71. The van der Waals surface area contributed by atoms with Gasteiger partial charge < -0.3 is 29.0 Å². The summed E-state index contributed by atoms with van der Waals surface area (Å²) < 4.78 is 15.1. The molecule has 1 N–H and O–H groups in total. The van der Waals surface area contributed by atoms with E-state index in [2.05, 4.69) is 11.4 Å². The van der Waals surface area contributed by atoms with E-state index in [1.165, 1.54) is 88.8 Å². The van der Waals surface area contributed by atoms with Crippen LogP contribution in [0.3, 0.4) is 0 Å². The third-order valence-corrected chi connectivity index (χ3v) is 6.75. The Morgan fingerprint density at radius 2 is 1.30 bits per heavy atom. The maximum absolute atomic E-state index is 10.9. The van der Waals surface area contributed by atoms with Crippen molar-refractivity contribution in [3.63, 3.8) is 0 Å². The minimum atomic E-state index is -5.01. The normalized spacial score (nSPS) is 13.7. The first-order chi connectivity index (χ1) is 13.4. The monoisotopic (exact) mass is 484 g/mol. The molecule has 0 radical (unpaired) electrons. The Hall–Kier alpha value is 1.93. The molecule has 30 heavy (non-hydrogen) atoms. The molecule has 2 atom stereocenters. The maximum atomic E-state index is 10.9. The predicted molar refractivity (Wildman–Crippen MR) is 113 cm³/mol. The molecule has 0 saturated carbocycles. The molecule has 0 rings (SSSR count). The molecule has 10 heteroatoms. The van der Waals surface area contributed by atoms with Crippen LogP contribution in [0.15, 0.2) is 0 Å². The molecule has 1 unspecified atom stereocenters. The minimum absolute atomic E-state index is 0. The Morgan fingerprint density at radius 3 is 1.70 bits per heavy atom.